The molecule has 1 aromatic carbocycles. The Morgan fingerprint density at radius 3 is 2.38 bits per heavy atom. The molecule has 0 unspecified atom stereocenters. The van der Waals surface area contributed by atoms with Crippen LogP contribution in [0.3, 0.4) is 0 Å². The summed E-state index contributed by atoms with van der Waals surface area (Å²) in [5.74, 6) is -0.968. The Balaban J connectivity index is 1.65. The summed E-state index contributed by atoms with van der Waals surface area (Å²) in [6.07, 6.45) is 1.23. The van der Waals surface area contributed by atoms with E-state index in [4.69, 9.17) is 10.2 Å². The second-order valence-electron chi connectivity index (χ2n) is 6.41. The van der Waals surface area contributed by atoms with Crippen molar-refractivity contribution in [3.8, 4) is 0 Å². The molecule has 2 heterocycles. The predicted octanol–water partition coefficient (Wildman–Crippen LogP) is 1.81. The molecule has 0 aliphatic carbocycles. The zero-order valence-corrected chi connectivity index (χ0v) is 13.2. The Labute approximate surface area is 139 Å². The third-order valence-electron chi connectivity index (χ3n) is 4.76. The number of benzene rings is 1. The normalized spacial score (nSPS) is 23.8. The van der Waals surface area contributed by atoms with Gasteiger partial charge in [0.2, 0.25) is 5.91 Å². The highest BCUT2D eigenvalue weighted by atomic mass is 16.4. The first-order valence-corrected chi connectivity index (χ1v) is 8.07. The second-order valence-corrected chi connectivity index (χ2v) is 6.41. The highest BCUT2D eigenvalue weighted by molar-refractivity contribution is 5.95. The lowest BCUT2D eigenvalue weighted by molar-refractivity contribution is -0.141. The fraction of sp³-hybridized carbons (Fsp3) is 0.471. The van der Waals surface area contributed by atoms with Gasteiger partial charge in [0.1, 0.15) is 6.04 Å². The number of amides is 2. The fourth-order valence-corrected chi connectivity index (χ4v) is 3.58. The lowest BCUT2D eigenvalue weighted by Crippen LogP contribution is -2.39. The lowest BCUT2D eigenvalue weighted by atomic mass is 9.96. The number of hydrogen-bond acceptors (Lipinski definition) is 3. The minimum absolute atomic E-state index is 0.0125. The summed E-state index contributed by atoms with van der Waals surface area (Å²) in [6, 6.07) is 6.70. The van der Waals surface area contributed by atoms with Gasteiger partial charge in [-0.25, -0.2) is 9.59 Å². The van der Waals surface area contributed by atoms with E-state index in [1.165, 1.54) is 0 Å². The first-order chi connectivity index (χ1) is 11.5. The molecule has 0 bridgehead atoms. The van der Waals surface area contributed by atoms with Gasteiger partial charge >= 0.3 is 12.1 Å². The smallest absolute Gasteiger partial charge is 0.408 e. The highest BCUT2D eigenvalue weighted by Crippen LogP contribution is 2.28. The molecule has 0 saturated carbocycles. The van der Waals surface area contributed by atoms with Crippen molar-refractivity contribution in [1.29, 1.82) is 0 Å². The molecule has 2 aliphatic rings. The van der Waals surface area contributed by atoms with Crippen molar-refractivity contribution in [2.75, 3.05) is 18.0 Å². The van der Waals surface area contributed by atoms with Crippen molar-refractivity contribution in [3.05, 3.63) is 29.8 Å². The third-order valence-corrected chi connectivity index (χ3v) is 4.76. The van der Waals surface area contributed by atoms with E-state index in [0.29, 0.717) is 19.3 Å². The number of nitrogens with zero attached hydrogens (tertiary/aromatic N) is 2. The van der Waals surface area contributed by atoms with Gasteiger partial charge in [0.25, 0.3) is 0 Å². The molecule has 2 atom stereocenters. The van der Waals surface area contributed by atoms with E-state index in [0.717, 1.165) is 29.1 Å². The largest absolute Gasteiger partial charge is 0.480 e. The molecule has 0 spiro atoms. The maximum Gasteiger partial charge on any atom is 0.408 e. The van der Waals surface area contributed by atoms with E-state index >= 15 is 0 Å². The van der Waals surface area contributed by atoms with Crippen LogP contribution in [-0.2, 0) is 16.0 Å². The minimum Gasteiger partial charge on any atom is -0.480 e. The monoisotopic (exact) mass is 332 g/mol. The number of carboxylic acids is 1. The molecule has 7 heteroatoms. The summed E-state index contributed by atoms with van der Waals surface area (Å²) in [5.41, 5.74) is 1.90. The van der Waals surface area contributed by atoms with Crippen LogP contribution in [0.5, 0.6) is 0 Å². The molecule has 0 radical (unpaired) electrons. The number of hydrogen-bond donors (Lipinski definition) is 2. The van der Waals surface area contributed by atoms with E-state index in [1.54, 1.807) is 4.90 Å². The van der Waals surface area contributed by atoms with E-state index in [1.807, 2.05) is 24.3 Å². The lowest BCUT2D eigenvalue weighted by Gasteiger charge is -2.17. The maximum absolute atomic E-state index is 11.7. The molecule has 0 aromatic heterocycles. The van der Waals surface area contributed by atoms with Gasteiger partial charge in [-0.05, 0) is 42.9 Å². The molecule has 2 amide bonds. The Morgan fingerprint density at radius 1 is 1.17 bits per heavy atom. The molecule has 2 fully saturated rings. The van der Waals surface area contributed by atoms with E-state index < -0.39 is 18.1 Å². The molecular formula is C17H20N2O5. The Bertz CT molecular complexity index is 635. The van der Waals surface area contributed by atoms with Crippen molar-refractivity contribution in [2.24, 2.45) is 5.92 Å². The van der Waals surface area contributed by atoms with Gasteiger partial charge in [0.15, 0.2) is 0 Å². The van der Waals surface area contributed by atoms with E-state index in [2.05, 4.69) is 0 Å². The molecule has 2 N–H and O–H groups in total. The molecule has 24 heavy (non-hydrogen) atoms. The van der Waals surface area contributed by atoms with Gasteiger partial charge in [-0.1, -0.05) is 12.1 Å². The highest BCUT2D eigenvalue weighted by Gasteiger charge is 2.39. The standard InChI is InChI=1S/C17H20N2O5/c20-15-2-1-7-18(15)13-5-3-11(4-6-13)8-12-9-14(16(21)22)19(10-12)17(23)24/h3-6,12,14H,1-2,7-10H2,(H,21,22)(H,23,24)/t12-,14+/m0/s1. The summed E-state index contributed by atoms with van der Waals surface area (Å²) in [6.45, 7) is 0.979. The van der Waals surface area contributed by atoms with Crippen LogP contribution in [0.1, 0.15) is 24.8 Å². The zero-order valence-electron chi connectivity index (χ0n) is 13.2. The topological polar surface area (TPSA) is 98.2 Å². The summed E-state index contributed by atoms with van der Waals surface area (Å²) in [5, 5.41) is 18.3. The van der Waals surface area contributed by atoms with Crippen molar-refractivity contribution in [3.63, 3.8) is 0 Å². The molecule has 1 aromatic rings. The van der Waals surface area contributed by atoms with Crippen LogP contribution in [0.15, 0.2) is 24.3 Å². The van der Waals surface area contributed by atoms with Gasteiger partial charge < -0.3 is 15.1 Å². The van der Waals surface area contributed by atoms with Crippen LogP contribution in [0.4, 0.5) is 10.5 Å². The number of carboxylic acid groups (broad SMARTS) is 2. The average molecular weight is 332 g/mol. The second kappa shape index (κ2) is 6.51. The predicted molar refractivity (Wildman–Crippen MR) is 86.0 cm³/mol. The number of carbonyl (C=O) groups is 3. The molecule has 3 rings (SSSR count). The fourth-order valence-electron chi connectivity index (χ4n) is 3.58. The van der Waals surface area contributed by atoms with Crippen LogP contribution in [0, 0.1) is 5.92 Å². The van der Waals surface area contributed by atoms with Gasteiger partial charge in [0, 0.05) is 25.2 Å². The van der Waals surface area contributed by atoms with Crippen LogP contribution < -0.4 is 4.90 Å². The van der Waals surface area contributed by atoms with Crippen LogP contribution in [0.25, 0.3) is 0 Å². The number of rotatable bonds is 4. The number of anilines is 1. The maximum atomic E-state index is 11.7. The van der Waals surface area contributed by atoms with E-state index in [9.17, 15) is 14.4 Å². The average Bonchev–Trinajstić information content (AvgIpc) is 3.15. The summed E-state index contributed by atoms with van der Waals surface area (Å²) in [4.78, 5) is 36.9. The van der Waals surface area contributed by atoms with Crippen LogP contribution in [0.2, 0.25) is 0 Å². The molecule has 7 nitrogen and oxygen atoms in total. The molecule has 128 valence electrons. The van der Waals surface area contributed by atoms with Crippen molar-refractivity contribution < 1.29 is 24.6 Å². The number of carbonyl (C=O) groups excluding carboxylic acids is 1. The molecular weight excluding hydrogens is 312 g/mol. The van der Waals surface area contributed by atoms with Crippen LogP contribution >= 0.6 is 0 Å². The summed E-state index contributed by atoms with van der Waals surface area (Å²) < 4.78 is 0. The summed E-state index contributed by atoms with van der Waals surface area (Å²) >= 11 is 0. The number of aliphatic carboxylic acids is 1. The van der Waals surface area contributed by atoms with Gasteiger partial charge in [-0.15, -0.1) is 0 Å². The molecule has 2 aliphatic heterocycles. The van der Waals surface area contributed by atoms with Gasteiger partial charge in [-0.3, -0.25) is 9.69 Å². The third kappa shape index (κ3) is 3.20. The van der Waals surface area contributed by atoms with Crippen molar-refractivity contribution in [1.82, 2.24) is 4.90 Å². The minimum atomic E-state index is -1.19. The van der Waals surface area contributed by atoms with E-state index in [-0.39, 0.29) is 18.4 Å². The Hall–Kier alpha value is -2.57. The summed E-state index contributed by atoms with van der Waals surface area (Å²) in [7, 11) is 0. The number of likely N-dealkylation sites (tertiary alicyclic amines) is 1. The molecule has 2 saturated heterocycles. The quantitative estimate of drug-likeness (QED) is 0.876. The SMILES string of the molecule is O=C(O)[C@H]1C[C@H](Cc2ccc(N3CCCC3=O)cc2)CN1C(=O)O. The zero-order chi connectivity index (χ0) is 17.3. The van der Waals surface area contributed by atoms with Crippen molar-refractivity contribution in [2.45, 2.75) is 31.7 Å². The first-order valence-electron chi connectivity index (χ1n) is 8.07. The Kier molecular flexibility index (Phi) is 4.42. The van der Waals surface area contributed by atoms with Crippen LogP contribution in [-0.4, -0.2) is 52.2 Å². The first kappa shape index (κ1) is 16.3. The van der Waals surface area contributed by atoms with Crippen molar-refractivity contribution >= 4 is 23.7 Å². The van der Waals surface area contributed by atoms with Gasteiger partial charge in [-0.2, -0.15) is 0 Å². The van der Waals surface area contributed by atoms with Gasteiger partial charge in [0.05, 0.1) is 0 Å². The Morgan fingerprint density at radius 2 is 1.88 bits per heavy atom.